The molecule has 2 N–H and O–H groups in total. The van der Waals surface area contributed by atoms with E-state index in [-0.39, 0.29) is 17.9 Å². The van der Waals surface area contributed by atoms with Crippen LogP contribution in [0, 0.1) is 0 Å². The van der Waals surface area contributed by atoms with Crippen molar-refractivity contribution in [2.45, 2.75) is 38.9 Å². The lowest BCUT2D eigenvalue weighted by Crippen LogP contribution is -2.23. The molecule has 184 valence electrons. The summed E-state index contributed by atoms with van der Waals surface area (Å²) in [6.45, 7) is 3.60. The van der Waals surface area contributed by atoms with E-state index in [1.807, 2.05) is 40.4 Å². The third kappa shape index (κ3) is 5.46. The number of pyridine rings is 1. The van der Waals surface area contributed by atoms with Crippen molar-refractivity contribution in [3.63, 3.8) is 0 Å². The van der Waals surface area contributed by atoms with Crippen LogP contribution in [0.3, 0.4) is 0 Å². The average Bonchev–Trinajstić information content (AvgIpc) is 3.65. The normalized spacial score (nSPS) is 15.1. The van der Waals surface area contributed by atoms with Gasteiger partial charge in [-0.05, 0) is 60.4 Å². The van der Waals surface area contributed by atoms with Crippen molar-refractivity contribution >= 4 is 34.0 Å². The Bertz CT molecular complexity index is 1330. The molecule has 2 amide bonds. The molecule has 36 heavy (non-hydrogen) atoms. The maximum Gasteiger partial charge on any atom is 0.274 e. The van der Waals surface area contributed by atoms with Crippen LogP contribution in [0.15, 0.2) is 72.5 Å². The van der Waals surface area contributed by atoms with Crippen molar-refractivity contribution in [3.8, 4) is 0 Å². The van der Waals surface area contributed by atoms with E-state index >= 15 is 0 Å². The predicted molar refractivity (Wildman–Crippen MR) is 141 cm³/mol. The van der Waals surface area contributed by atoms with E-state index in [2.05, 4.69) is 44.8 Å². The van der Waals surface area contributed by atoms with Gasteiger partial charge in [0.05, 0.1) is 11.7 Å². The number of benzene rings is 1. The highest BCUT2D eigenvalue weighted by Gasteiger charge is 2.28. The number of hydrogen-bond donors (Lipinski definition) is 2. The Hall–Kier alpha value is -3.98. The van der Waals surface area contributed by atoms with Gasteiger partial charge in [-0.1, -0.05) is 12.1 Å². The van der Waals surface area contributed by atoms with Crippen LogP contribution in [0.4, 0.5) is 10.8 Å². The van der Waals surface area contributed by atoms with Gasteiger partial charge in [0.2, 0.25) is 5.91 Å². The Morgan fingerprint density at radius 2 is 1.89 bits per heavy atom. The molecule has 9 heteroatoms. The number of aromatic nitrogens is 3. The first-order chi connectivity index (χ1) is 17.6. The predicted octanol–water partition coefficient (Wildman–Crippen LogP) is 4.62. The highest BCUT2D eigenvalue weighted by Crippen LogP contribution is 2.37. The first kappa shape index (κ1) is 23.7. The third-order valence-electron chi connectivity index (χ3n) is 6.31. The van der Waals surface area contributed by atoms with Crippen molar-refractivity contribution in [1.82, 2.24) is 19.9 Å². The summed E-state index contributed by atoms with van der Waals surface area (Å²) >= 11 is 1.45. The fourth-order valence-corrected chi connectivity index (χ4v) is 5.27. The molecule has 8 nitrogen and oxygen atoms in total. The van der Waals surface area contributed by atoms with E-state index in [9.17, 15) is 9.59 Å². The van der Waals surface area contributed by atoms with Crippen LogP contribution in [0.1, 0.15) is 53.1 Å². The number of anilines is 2. The number of amides is 2. The molecule has 1 aromatic carbocycles. The largest absolute Gasteiger partial charge is 0.363 e. The molecule has 0 radical (unpaired) electrons. The molecule has 0 unspecified atom stereocenters. The standard InChI is InChI=1S/C27H28N6O2S/c1-19(34)29-16-20-6-8-22(9-7-20)33-15-3-4-24(33)23-18-36-27(30-23)31-26(35)25-5-2-14-32(25)17-21-10-12-28-13-11-21/h2,5-14,18,24H,3-4,15-17H2,1H3,(H,29,34)(H,30,31,35)/t24-/m1/s1. The molecule has 0 bridgehead atoms. The second kappa shape index (κ2) is 10.7. The van der Waals surface area contributed by atoms with Crippen molar-refractivity contribution in [3.05, 3.63) is 95.0 Å². The van der Waals surface area contributed by atoms with Crippen LogP contribution in [0.5, 0.6) is 0 Å². The minimum atomic E-state index is -0.173. The fraction of sp³-hybridized carbons (Fsp3) is 0.259. The summed E-state index contributed by atoms with van der Waals surface area (Å²) < 4.78 is 1.92. The monoisotopic (exact) mass is 500 g/mol. The number of hydrogen-bond acceptors (Lipinski definition) is 6. The van der Waals surface area contributed by atoms with E-state index in [1.54, 1.807) is 12.4 Å². The van der Waals surface area contributed by atoms with Crippen LogP contribution in [0.25, 0.3) is 0 Å². The van der Waals surface area contributed by atoms with E-state index in [1.165, 1.54) is 18.3 Å². The summed E-state index contributed by atoms with van der Waals surface area (Å²) in [5, 5.41) is 8.45. The topological polar surface area (TPSA) is 92.2 Å². The smallest absolute Gasteiger partial charge is 0.274 e. The van der Waals surface area contributed by atoms with Crippen molar-refractivity contribution < 1.29 is 9.59 Å². The van der Waals surface area contributed by atoms with E-state index < -0.39 is 0 Å². The second-order valence-electron chi connectivity index (χ2n) is 8.84. The van der Waals surface area contributed by atoms with E-state index in [4.69, 9.17) is 4.98 Å². The Balaban J connectivity index is 1.25. The maximum absolute atomic E-state index is 13.0. The van der Waals surface area contributed by atoms with E-state index in [0.29, 0.717) is 23.9 Å². The van der Waals surface area contributed by atoms with Gasteiger partial charge < -0.3 is 14.8 Å². The average molecular weight is 501 g/mol. The minimum absolute atomic E-state index is 0.0351. The number of carbonyl (C=O) groups is 2. The zero-order valence-corrected chi connectivity index (χ0v) is 20.9. The maximum atomic E-state index is 13.0. The Labute approximate surface area is 214 Å². The van der Waals surface area contributed by atoms with Crippen LogP contribution < -0.4 is 15.5 Å². The molecule has 1 atom stereocenters. The van der Waals surface area contributed by atoms with Crippen LogP contribution in [-0.4, -0.2) is 32.9 Å². The Morgan fingerprint density at radius 1 is 1.08 bits per heavy atom. The molecule has 1 saturated heterocycles. The van der Waals surface area contributed by atoms with Crippen molar-refractivity contribution in [1.29, 1.82) is 0 Å². The second-order valence-corrected chi connectivity index (χ2v) is 9.69. The summed E-state index contributed by atoms with van der Waals surface area (Å²) in [5.41, 5.74) is 4.84. The minimum Gasteiger partial charge on any atom is -0.363 e. The molecule has 1 fully saturated rings. The number of nitrogens with one attached hydrogen (secondary N) is 2. The zero-order valence-electron chi connectivity index (χ0n) is 20.1. The van der Waals surface area contributed by atoms with Gasteiger partial charge in [-0.25, -0.2) is 4.98 Å². The Kier molecular flexibility index (Phi) is 7.08. The van der Waals surface area contributed by atoms with Crippen molar-refractivity contribution in [2.75, 3.05) is 16.8 Å². The Morgan fingerprint density at radius 3 is 2.67 bits per heavy atom. The van der Waals surface area contributed by atoms with Gasteiger partial charge in [-0.2, -0.15) is 0 Å². The lowest BCUT2D eigenvalue weighted by atomic mass is 10.1. The molecule has 0 spiro atoms. The summed E-state index contributed by atoms with van der Waals surface area (Å²) in [6, 6.07) is 16.0. The first-order valence-electron chi connectivity index (χ1n) is 12.0. The molecular weight excluding hydrogens is 472 g/mol. The van der Waals surface area contributed by atoms with E-state index in [0.717, 1.165) is 41.9 Å². The number of thiazole rings is 1. The van der Waals surface area contributed by atoms with Gasteiger partial charge in [0, 0.05) is 56.2 Å². The third-order valence-corrected chi connectivity index (χ3v) is 7.09. The van der Waals surface area contributed by atoms with Gasteiger partial charge in [-0.15, -0.1) is 11.3 Å². The van der Waals surface area contributed by atoms with Gasteiger partial charge in [0.25, 0.3) is 5.91 Å². The van der Waals surface area contributed by atoms with Gasteiger partial charge in [-0.3, -0.25) is 19.9 Å². The highest BCUT2D eigenvalue weighted by atomic mass is 32.1. The van der Waals surface area contributed by atoms with Crippen molar-refractivity contribution in [2.24, 2.45) is 0 Å². The van der Waals surface area contributed by atoms with Crippen LogP contribution >= 0.6 is 11.3 Å². The lowest BCUT2D eigenvalue weighted by Gasteiger charge is -2.26. The molecule has 1 aliphatic heterocycles. The molecular formula is C27H28N6O2S. The fourth-order valence-electron chi connectivity index (χ4n) is 4.52. The number of carbonyl (C=O) groups excluding carboxylic acids is 2. The number of rotatable bonds is 8. The highest BCUT2D eigenvalue weighted by molar-refractivity contribution is 7.14. The molecule has 4 heterocycles. The summed E-state index contributed by atoms with van der Waals surface area (Å²) in [6.07, 6.45) is 7.50. The molecule has 0 saturated carbocycles. The SMILES string of the molecule is CC(=O)NCc1ccc(N2CCC[C@@H]2c2csc(NC(=O)c3cccn3Cc3ccncc3)n2)cc1. The lowest BCUT2D eigenvalue weighted by molar-refractivity contribution is -0.119. The van der Waals surface area contributed by atoms with Crippen LogP contribution in [0.2, 0.25) is 0 Å². The van der Waals surface area contributed by atoms with Gasteiger partial charge >= 0.3 is 0 Å². The molecule has 1 aliphatic rings. The zero-order chi connectivity index (χ0) is 24.9. The molecule has 5 rings (SSSR count). The van der Waals surface area contributed by atoms with Gasteiger partial charge in [0.15, 0.2) is 5.13 Å². The number of nitrogens with zero attached hydrogens (tertiary/aromatic N) is 4. The summed E-state index contributed by atoms with van der Waals surface area (Å²) in [7, 11) is 0. The molecule has 0 aliphatic carbocycles. The molecule has 3 aromatic heterocycles. The van der Waals surface area contributed by atoms with Crippen LogP contribution in [-0.2, 0) is 17.9 Å². The quantitative estimate of drug-likeness (QED) is 0.368. The summed E-state index contributed by atoms with van der Waals surface area (Å²) in [5.74, 6) is -0.208. The molecule has 4 aromatic rings. The van der Waals surface area contributed by atoms with Gasteiger partial charge in [0.1, 0.15) is 5.69 Å². The first-order valence-corrected chi connectivity index (χ1v) is 12.9. The summed E-state index contributed by atoms with van der Waals surface area (Å²) in [4.78, 5) is 35.4.